The Balaban J connectivity index is 1.45. The first kappa shape index (κ1) is 19.2. The lowest BCUT2D eigenvalue weighted by molar-refractivity contribution is -0.135. The molecule has 1 aliphatic rings. The third kappa shape index (κ3) is 5.43. The van der Waals surface area contributed by atoms with Crippen molar-refractivity contribution in [3.8, 4) is 0 Å². The van der Waals surface area contributed by atoms with Gasteiger partial charge in [-0.25, -0.2) is 0 Å². The number of anilines is 1. The molecule has 2 aromatic rings. The van der Waals surface area contributed by atoms with E-state index in [2.05, 4.69) is 29.6 Å². The third-order valence-electron chi connectivity index (χ3n) is 5.30. The Hall–Kier alpha value is -2.62. The van der Waals surface area contributed by atoms with Gasteiger partial charge in [0.2, 0.25) is 11.8 Å². The maximum Gasteiger partial charge on any atom is 0.233 e. The van der Waals surface area contributed by atoms with E-state index in [0.717, 1.165) is 49.2 Å². The molecule has 0 aliphatic carbocycles. The van der Waals surface area contributed by atoms with Crippen LogP contribution < -0.4 is 5.32 Å². The Morgan fingerprint density at radius 2 is 1.74 bits per heavy atom. The van der Waals surface area contributed by atoms with Gasteiger partial charge in [-0.2, -0.15) is 0 Å². The molecule has 142 valence electrons. The normalized spacial score (nSPS) is 14.8. The summed E-state index contributed by atoms with van der Waals surface area (Å²) in [7, 11) is 0. The standard InChI is InChI=1S/C23H28N2O2/c1-17-8-9-21(18(2)14-17)24-22(26)16-23(27)25-12-10-20(11-13-25)15-19-6-4-3-5-7-19/h3-9,14,20H,10-13,15-16H2,1-2H3,(H,24,26). The fourth-order valence-electron chi connectivity index (χ4n) is 3.73. The molecule has 0 bridgehead atoms. The van der Waals surface area contributed by atoms with E-state index >= 15 is 0 Å². The molecule has 1 aliphatic heterocycles. The number of nitrogens with zero attached hydrogens (tertiary/aromatic N) is 1. The van der Waals surface area contributed by atoms with Crippen molar-refractivity contribution >= 4 is 17.5 Å². The van der Waals surface area contributed by atoms with Crippen LogP contribution in [0.3, 0.4) is 0 Å². The van der Waals surface area contributed by atoms with Gasteiger partial charge in [-0.15, -0.1) is 0 Å². The van der Waals surface area contributed by atoms with Crippen LogP contribution in [0, 0.1) is 19.8 Å². The molecule has 0 atom stereocenters. The fraction of sp³-hybridized carbons (Fsp3) is 0.391. The van der Waals surface area contributed by atoms with Crippen LogP contribution in [-0.2, 0) is 16.0 Å². The second kappa shape index (κ2) is 8.85. The first-order valence-corrected chi connectivity index (χ1v) is 9.70. The minimum absolute atomic E-state index is 0.0737. The van der Waals surface area contributed by atoms with Crippen LogP contribution in [0.1, 0.15) is 36.0 Å². The van der Waals surface area contributed by atoms with Crippen molar-refractivity contribution in [1.82, 2.24) is 4.90 Å². The number of hydrogen-bond acceptors (Lipinski definition) is 2. The van der Waals surface area contributed by atoms with Gasteiger partial charge in [0, 0.05) is 18.8 Å². The summed E-state index contributed by atoms with van der Waals surface area (Å²) in [4.78, 5) is 26.6. The van der Waals surface area contributed by atoms with Crippen LogP contribution in [0.25, 0.3) is 0 Å². The zero-order chi connectivity index (χ0) is 19.2. The molecule has 1 fully saturated rings. The second-order valence-corrected chi connectivity index (χ2v) is 7.56. The van der Waals surface area contributed by atoms with E-state index in [9.17, 15) is 9.59 Å². The van der Waals surface area contributed by atoms with Gasteiger partial charge < -0.3 is 10.2 Å². The maximum atomic E-state index is 12.5. The van der Waals surface area contributed by atoms with Crippen molar-refractivity contribution in [3.05, 3.63) is 65.2 Å². The highest BCUT2D eigenvalue weighted by molar-refractivity contribution is 6.03. The molecule has 4 heteroatoms. The summed E-state index contributed by atoms with van der Waals surface area (Å²) in [6.45, 7) is 5.46. The van der Waals surface area contributed by atoms with Crippen molar-refractivity contribution in [2.24, 2.45) is 5.92 Å². The van der Waals surface area contributed by atoms with E-state index < -0.39 is 0 Å². The van der Waals surface area contributed by atoms with Crippen molar-refractivity contribution in [2.45, 2.75) is 39.5 Å². The second-order valence-electron chi connectivity index (χ2n) is 7.56. The van der Waals surface area contributed by atoms with Crippen molar-refractivity contribution in [3.63, 3.8) is 0 Å². The minimum Gasteiger partial charge on any atom is -0.342 e. The van der Waals surface area contributed by atoms with Gasteiger partial charge >= 0.3 is 0 Å². The molecule has 27 heavy (non-hydrogen) atoms. The molecule has 2 amide bonds. The molecule has 1 heterocycles. The molecule has 2 aromatic carbocycles. The Morgan fingerprint density at radius 3 is 2.41 bits per heavy atom. The highest BCUT2D eigenvalue weighted by Gasteiger charge is 2.24. The van der Waals surface area contributed by atoms with Gasteiger partial charge in [0.1, 0.15) is 6.42 Å². The van der Waals surface area contributed by atoms with Gasteiger partial charge in [0.25, 0.3) is 0 Å². The molecule has 0 spiro atoms. The zero-order valence-electron chi connectivity index (χ0n) is 16.2. The quantitative estimate of drug-likeness (QED) is 0.812. The van der Waals surface area contributed by atoms with Crippen LogP contribution in [0.5, 0.6) is 0 Å². The Bertz CT molecular complexity index is 793. The lowest BCUT2D eigenvalue weighted by Crippen LogP contribution is -2.40. The van der Waals surface area contributed by atoms with Crippen LogP contribution >= 0.6 is 0 Å². The average molecular weight is 364 g/mol. The SMILES string of the molecule is Cc1ccc(NC(=O)CC(=O)N2CCC(Cc3ccccc3)CC2)c(C)c1. The molecule has 1 N–H and O–H groups in total. The number of amides is 2. The molecule has 0 aromatic heterocycles. The number of hydrogen-bond donors (Lipinski definition) is 1. The van der Waals surface area contributed by atoms with E-state index in [1.54, 1.807) is 0 Å². The molecule has 1 saturated heterocycles. The molecule has 3 rings (SSSR count). The van der Waals surface area contributed by atoms with Crippen molar-refractivity contribution < 1.29 is 9.59 Å². The monoisotopic (exact) mass is 364 g/mol. The largest absolute Gasteiger partial charge is 0.342 e. The molecular weight excluding hydrogens is 336 g/mol. The first-order valence-electron chi connectivity index (χ1n) is 9.70. The molecule has 0 saturated carbocycles. The van der Waals surface area contributed by atoms with E-state index in [0.29, 0.717) is 5.92 Å². The summed E-state index contributed by atoms with van der Waals surface area (Å²) >= 11 is 0. The minimum atomic E-state index is -0.238. The lowest BCUT2D eigenvalue weighted by atomic mass is 9.90. The molecule has 4 nitrogen and oxygen atoms in total. The van der Waals surface area contributed by atoms with Gasteiger partial charge in [0.05, 0.1) is 0 Å². The fourth-order valence-corrected chi connectivity index (χ4v) is 3.73. The average Bonchev–Trinajstić information content (AvgIpc) is 2.65. The smallest absolute Gasteiger partial charge is 0.233 e. The van der Waals surface area contributed by atoms with E-state index in [1.165, 1.54) is 5.56 Å². The molecule has 0 unspecified atom stereocenters. The van der Waals surface area contributed by atoms with Gasteiger partial charge in [-0.1, -0.05) is 48.0 Å². The Labute approximate surface area is 161 Å². The van der Waals surface area contributed by atoms with Gasteiger partial charge in [0.15, 0.2) is 0 Å². The summed E-state index contributed by atoms with van der Waals surface area (Å²) in [5.74, 6) is 0.300. The number of nitrogens with one attached hydrogen (secondary N) is 1. The Kier molecular flexibility index (Phi) is 6.28. The van der Waals surface area contributed by atoms with E-state index in [4.69, 9.17) is 0 Å². The van der Waals surface area contributed by atoms with Crippen molar-refractivity contribution in [2.75, 3.05) is 18.4 Å². The predicted molar refractivity (Wildman–Crippen MR) is 109 cm³/mol. The van der Waals surface area contributed by atoms with E-state index in [-0.39, 0.29) is 18.2 Å². The number of rotatable bonds is 5. The van der Waals surface area contributed by atoms with Crippen LogP contribution in [-0.4, -0.2) is 29.8 Å². The predicted octanol–water partition coefficient (Wildman–Crippen LogP) is 4.11. The third-order valence-corrected chi connectivity index (χ3v) is 5.30. The number of carbonyl (C=O) groups excluding carboxylic acids is 2. The highest BCUT2D eigenvalue weighted by Crippen LogP contribution is 2.22. The summed E-state index contributed by atoms with van der Waals surface area (Å²) < 4.78 is 0. The summed E-state index contributed by atoms with van der Waals surface area (Å²) in [6.07, 6.45) is 2.98. The lowest BCUT2D eigenvalue weighted by Gasteiger charge is -2.32. The van der Waals surface area contributed by atoms with Crippen LogP contribution in [0.15, 0.2) is 48.5 Å². The van der Waals surface area contributed by atoms with Gasteiger partial charge in [-0.3, -0.25) is 9.59 Å². The first-order chi connectivity index (χ1) is 13.0. The molecular formula is C23H28N2O2. The van der Waals surface area contributed by atoms with Gasteiger partial charge in [-0.05, 0) is 56.2 Å². The number of benzene rings is 2. The van der Waals surface area contributed by atoms with Crippen LogP contribution in [0.2, 0.25) is 0 Å². The number of carbonyl (C=O) groups is 2. The summed E-state index contributed by atoms with van der Waals surface area (Å²) in [5.41, 5.74) is 4.30. The van der Waals surface area contributed by atoms with Crippen LogP contribution in [0.4, 0.5) is 5.69 Å². The number of aryl methyl sites for hydroxylation is 2. The number of likely N-dealkylation sites (tertiary alicyclic amines) is 1. The summed E-state index contributed by atoms with van der Waals surface area (Å²) in [5, 5.41) is 2.86. The number of piperidine rings is 1. The topological polar surface area (TPSA) is 49.4 Å². The van der Waals surface area contributed by atoms with Crippen molar-refractivity contribution in [1.29, 1.82) is 0 Å². The zero-order valence-corrected chi connectivity index (χ0v) is 16.2. The molecule has 0 radical (unpaired) electrons. The highest BCUT2D eigenvalue weighted by atomic mass is 16.2. The van der Waals surface area contributed by atoms with E-state index in [1.807, 2.05) is 43.0 Å². The summed E-state index contributed by atoms with van der Waals surface area (Å²) in [6, 6.07) is 16.4. The Morgan fingerprint density at radius 1 is 1.04 bits per heavy atom. The maximum absolute atomic E-state index is 12.5.